The molecule has 0 aromatic heterocycles. The van der Waals surface area contributed by atoms with Crippen LogP contribution in [0.15, 0.2) is 28.5 Å². The molecular formula is C11H12O5S2. The fourth-order valence-electron chi connectivity index (χ4n) is 1.83. The van der Waals surface area contributed by atoms with E-state index in [9.17, 15) is 21.9 Å². The summed E-state index contributed by atoms with van der Waals surface area (Å²) in [5.41, 5.74) is 0.236. The molecule has 0 bridgehead atoms. The molecule has 0 radical (unpaired) electrons. The summed E-state index contributed by atoms with van der Waals surface area (Å²) in [6.07, 6.45) is 0. The van der Waals surface area contributed by atoms with E-state index >= 15 is 0 Å². The fourth-order valence-corrected chi connectivity index (χ4v) is 4.34. The zero-order valence-corrected chi connectivity index (χ0v) is 11.3. The molecular weight excluding hydrogens is 276 g/mol. The van der Waals surface area contributed by atoms with Gasteiger partial charge in [0.15, 0.2) is 9.84 Å². The van der Waals surface area contributed by atoms with Crippen LogP contribution in [-0.2, 0) is 19.7 Å². The molecule has 98 valence electrons. The Bertz CT molecular complexity index is 727. The maximum Gasteiger partial charge on any atom is 0.200 e. The average molecular weight is 288 g/mol. The highest BCUT2D eigenvalue weighted by atomic mass is 32.2. The monoisotopic (exact) mass is 288 g/mol. The molecule has 5 nitrogen and oxygen atoms in total. The molecule has 0 aliphatic carbocycles. The molecule has 2 rings (SSSR count). The first-order chi connectivity index (χ1) is 8.27. The van der Waals surface area contributed by atoms with Gasteiger partial charge in [0.05, 0.1) is 10.6 Å². The Hall–Kier alpha value is -1.34. The van der Waals surface area contributed by atoms with Crippen LogP contribution >= 0.6 is 0 Å². The largest absolute Gasteiger partial charge is 0.507 e. The topological polar surface area (TPSA) is 88.5 Å². The molecule has 1 aliphatic rings. The summed E-state index contributed by atoms with van der Waals surface area (Å²) in [5, 5.41) is 10.6. The van der Waals surface area contributed by atoms with E-state index in [2.05, 4.69) is 0 Å². The van der Waals surface area contributed by atoms with Gasteiger partial charge in [-0.1, -0.05) is 13.0 Å². The number of aromatic hydroxyl groups is 1. The van der Waals surface area contributed by atoms with E-state index in [1.165, 1.54) is 25.1 Å². The zero-order chi connectivity index (χ0) is 13.6. The van der Waals surface area contributed by atoms with Gasteiger partial charge in [0.2, 0.25) is 9.84 Å². The first kappa shape index (κ1) is 13.1. The first-order valence-electron chi connectivity index (χ1n) is 5.25. The summed E-state index contributed by atoms with van der Waals surface area (Å²) in [6.45, 7) is 1.49. The Balaban J connectivity index is 2.61. The van der Waals surface area contributed by atoms with Crippen molar-refractivity contribution in [3.63, 3.8) is 0 Å². The van der Waals surface area contributed by atoms with Crippen LogP contribution in [0.25, 0.3) is 5.57 Å². The van der Waals surface area contributed by atoms with E-state index < -0.39 is 19.7 Å². The first-order valence-corrected chi connectivity index (χ1v) is 8.62. The van der Waals surface area contributed by atoms with Crippen LogP contribution in [-0.4, -0.2) is 33.4 Å². The Morgan fingerprint density at radius 3 is 2.56 bits per heavy atom. The number of sulfone groups is 2. The van der Waals surface area contributed by atoms with E-state index in [4.69, 9.17) is 0 Å². The second-order valence-electron chi connectivity index (χ2n) is 4.01. The van der Waals surface area contributed by atoms with E-state index in [1.807, 2.05) is 0 Å². The van der Waals surface area contributed by atoms with Crippen LogP contribution < -0.4 is 0 Å². The zero-order valence-electron chi connectivity index (χ0n) is 9.62. The van der Waals surface area contributed by atoms with Crippen LogP contribution in [0.1, 0.15) is 12.5 Å². The molecule has 1 N–H and O–H groups in total. The fraction of sp³-hybridized carbons (Fsp3) is 0.273. The van der Waals surface area contributed by atoms with Crippen molar-refractivity contribution in [2.75, 3.05) is 11.5 Å². The number of fused-ring (bicyclic) bond motifs is 1. The van der Waals surface area contributed by atoms with Gasteiger partial charge in [-0.2, -0.15) is 0 Å². The second kappa shape index (κ2) is 4.10. The SMILES string of the molecule is CCS(=O)(=O)CC1=CS(=O)(=O)c2cccc(O)c21. The number of rotatable bonds is 3. The van der Waals surface area contributed by atoms with Gasteiger partial charge in [-0.15, -0.1) is 0 Å². The van der Waals surface area contributed by atoms with Crippen LogP contribution in [0.4, 0.5) is 0 Å². The van der Waals surface area contributed by atoms with Crippen molar-refractivity contribution in [1.82, 2.24) is 0 Å². The van der Waals surface area contributed by atoms with Crippen LogP contribution in [0.2, 0.25) is 0 Å². The lowest BCUT2D eigenvalue weighted by atomic mass is 10.1. The molecule has 1 aromatic carbocycles. The minimum atomic E-state index is -3.64. The lowest BCUT2D eigenvalue weighted by molar-refractivity contribution is 0.471. The van der Waals surface area contributed by atoms with Gasteiger partial charge in [-0.25, -0.2) is 16.8 Å². The normalized spacial score (nSPS) is 17.3. The minimum absolute atomic E-state index is 0.0381. The number of benzene rings is 1. The summed E-state index contributed by atoms with van der Waals surface area (Å²) in [5.74, 6) is -0.674. The van der Waals surface area contributed by atoms with E-state index in [0.717, 1.165) is 5.41 Å². The Kier molecular flexibility index (Phi) is 2.98. The van der Waals surface area contributed by atoms with Gasteiger partial charge in [-0.05, 0) is 17.7 Å². The predicted octanol–water partition coefficient (Wildman–Crippen LogP) is 0.955. The van der Waals surface area contributed by atoms with Gasteiger partial charge < -0.3 is 5.11 Å². The maximum atomic E-state index is 11.8. The molecule has 0 unspecified atom stereocenters. The Morgan fingerprint density at radius 2 is 1.94 bits per heavy atom. The molecule has 0 saturated carbocycles. The summed E-state index contributed by atoms with van der Waals surface area (Å²) in [4.78, 5) is -0.0381. The van der Waals surface area contributed by atoms with Gasteiger partial charge in [-0.3, -0.25) is 0 Å². The molecule has 1 aliphatic heterocycles. The lowest BCUT2D eigenvalue weighted by Gasteiger charge is -2.06. The minimum Gasteiger partial charge on any atom is -0.507 e. The van der Waals surface area contributed by atoms with Crippen LogP contribution in [0, 0.1) is 0 Å². The molecule has 1 heterocycles. The van der Waals surface area contributed by atoms with Crippen molar-refractivity contribution >= 4 is 25.2 Å². The van der Waals surface area contributed by atoms with Gasteiger partial charge in [0, 0.05) is 16.7 Å². The smallest absolute Gasteiger partial charge is 0.200 e. The van der Waals surface area contributed by atoms with Crippen LogP contribution in [0.5, 0.6) is 5.75 Å². The third-order valence-corrected chi connectivity index (χ3v) is 5.92. The number of hydrogen-bond donors (Lipinski definition) is 1. The molecule has 0 saturated heterocycles. The molecule has 0 fully saturated rings. The number of phenols is 1. The molecule has 0 atom stereocenters. The number of phenolic OH excluding ortho intramolecular Hbond substituents is 1. The van der Waals surface area contributed by atoms with Crippen molar-refractivity contribution < 1.29 is 21.9 Å². The Morgan fingerprint density at radius 1 is 1.28 bits per heavy atom. The van der Waals surface area contributed by atoms with E-state index in [0.29, 0.717) is 0 Å². The van der Waals surface area contributed by atoms with Crippen molar-refractivity contribution in [3.05, 3.63) is 29.2 Å². The quantitative estimate of drug-likeness (QED) is 0.894. The summed E-state index contributed by atoms with van der Waals surface area (Å²) in [7, 11) is -7.00. The maximum absolute atomic E-state index is 11.8. The molecule has 1 aromatic rings. The molecule has 7 heteroatoms. The predicted molar refractivity (Wildman–Crippen MR) is 67.6 cm³/mol. The van der Waals surface area contributed by atoms with Crippen LogP contribution in [0.3, 0.4) is 0 Å². The van der Waals surface area contributed by atoms with Crippen molar-refractivity contribution in [2.45, 2.75) is 11.8 Å². The third kappa shape index (κ3) is 2.15. The highest BCUT2D eigenvalue weighted by Crippen LogP contribution is 2.39. The van der Waals surface area contributed by atoms with Crippen molar-refractivity contribution in [1.29, 1.82) is 0 Å². The number of hydrogen-bond acceptors (Lipinski definition) is 5. The second-order valence-corrected chi connectivity index (χ2v) is 8.13. The highest BCUT2D eigenvalue weighted by Gasteiger charge is 2.31. The van der Waals surface area contributed by atoms with Crippen molar-refractivity contribution in [3.8, 4) is 5.75 Å². The van der Waals surface area contributed by atoms with E-state index in [-0.39, 0.29) is 33.3 Å². The third-order valence-electron chi connectivity index (χ3n) is 2.74. The Labute approximate surface area is 106 Å². The summed E-state index contributed by atoms with van der Waals surface area (Å²) in [6, 6.07) is 4.11. The molecule has 0 spiro atoms. The van der Waals surface area contributed by atoms with E-state index in [1.54, 1.807) is 0 Å². The summed E-state index contributed by atoms with van der Waals surface area (Å²) < 4.78 is 46.8. The molecule has 18 heavy (non-hydrogen) atoms. The lowest BCUT2D eigenvalue weighted by Crippen LogP contribution is -2.09. The standard InChI is InChI=1S/C11H12O5S2/c1-2-17(13,14)6-8-7-18(15,16)10-5-3-4-9(12)11(8)10/h3-5,7,12H,2,6H2,1H3. The summed E-state index contributed by atoms with van der Waals surface area (Å²) >= 11 is 0. The molecule has 0 amide bonds. The average Bonchev–Trinajstić information content (AvgIpc) is 2.51. The van der Waals surface area contributed by atoms with Gasteiger partial charge in [0.1, 0.15) is 5.75 Å². The van der Waals surface area contributed by atoms with Crippen molar-refractivity contribution in [2.24, 2.45) is 0 Å². The van der Waals surface area contributed by atoms with Gasteiger partial charge in [0.25, 0.3) is 0 Å². The highest BCUT2D eigenvalue weighted by molar-refractivity contribution is 7.95. The van der Waals surface area contributed by atoms with Gasteiger partial charge >= 0.3 is 0 Å².